The normalized spacial score (nSPS) is 17.9. The van der Waals surface area contributed by atoms with Gasteiger partial charge in [-0.2, -0.15) is 0 Å². The summed E-state index contributed by atoms with van der Waals surface area (Å²) in [5, 5.41) is 13.6. The molecule has 0 bridgehead atoms. The predicted octanol–water partition coefficient (Wildman–Crippen LogP) is 5.86. The van der Waals surface area contributed by atoms with Crippen molar-refractivity contribution in [3.05, 3.63) is 69.7 Å². The molecule has 0 radical (unpaired) electrons. The van der Waals surface area contributed by atoms with Crippen LogP contribution in [-0.2, 0) is 11.3 Å². The van der Waals surface area contributed by atoms with Crippen molar-refractivity contribution in [2.75, 3.05) is 39.3 Å². The number of aliphatic imine (C=N–C) groups is 1. The SMILES string of the molecule is C=N/C(=C\C=C(/C)Oc1cc(CN2CCC(CC(=O)O)CC2)cc(-c2cc(Cl)cc(Cl)c2)n1)N1CCCNCC1. The lowest BCUT2D eigenvalue weighted by Crippen LogP contribution is -2.33. The molecule has 40 heavy (non-hydrogen) atoms. The van der Waals surface area contributed by atoms with Crippen LogP contribution in [0, 0.1) is 5.92 Å². The molecule has 1 aromatic carbocycles. The highest BCUT2D eigenvalue weighted by molar-refractivity contribution is 6.35. The minimum absolute atomic E-state index is 0.232. The first-order valence-electron chi connectivity index (χ1n) is 13.7. The standard InChI is InChI=1S/C30H37Cl2N5O3/c1-21(4-5-28(33-2)37-10-3-8-34-9-13-37)40-29-15-23(20-36-11-6-22(7-12-36)16-30(38)39)14-27(35-29)24-17-25(31)19-26(32)18-24/h4-5,14-15,17-19,22,34H,2-3,6-13,16,20H2,1H3,(H,38,39)/b21-4+,28-5+. The number of aliphatic carboxylic acids is 1. The molecule has 2 aliphatic heterocycles. The molecule has 1 aromatic heterocycles. The van der Waals surface area contributed by atoms with Crippen molar-refractivity contribution in [2.45, 2.75) is 39.2 Å². The molecule has 214 valence electrons. The van der Waals surface area contributed by atoms with Crippen molar-refractivity contribution in [3.63, 3.8) is 0 Å². The third-order valence-electron chi connectivity index (χ3n) is 7.16. The second kappa shape index (κ2) is 14.6. The zero-order valence-corrected chi connectivity index (χ0v) is 24.4. The zero-order chi connectivity index (χ0) is 28.5. The summed E-state index contributed by atoms with van der Waals surface area (Å²) < 4.78 is 6.20. The molecule has 0 amide bonds. The summed E-state index contributed by atoms with van der Waals surface area (Å²) in [6.45, 7) is 11.8. The summed E-state index contributed by atoms with van der Waals surface area (Å²) in [6, 6.07) is 9.35. The second-order valence-electron chi connectivity index (χ2n) is 10.3. The van der Waals surface area contributed by atoms with Gasteiger partial charge in [0.2, 0.25) is 5.88 Å². The number of carboxylic acids is 1. The number of halogens is 2. The number of ether oxygens (including phenoxy) is 1. The van der Waals surface area contributed by atoms with Crippen LogP contribution in [0.3, 0.4) is 0 Å². The fourth-order valence-corrected chi connectivity index (χ4v) is 5.66. The molecule has 8 nitrogen and oxygen atoms in total. The van der Waals surface area contributed by atoms with Crippen molar-refractivity contribution in [3.8, 4) is 17.1 Å². The van der Waals surface area contributed by atoms with Crippen molar-refractivity contribution in [1.29, 1.82) is 0 Å². The number of hydrogen-bond donors (Lipinski definition) is 2. The van der Waals surface area contributed by atoms with E-state index in [1.54, 1.807) is 6.07 Å². The van der Waals surface area contributed by atoms with E-state index in [2.05, 4.69) is 26.8 Å². The molecule has 3 heterocycles. The number of likely N-dealkylation sites (tertiary alicyclic amines) is 1. The van der Waals surface area contributed by atoms with Crippen molar-refractivity contribution >= 4 is 35.9 Å². The highest BCUT2D eigenvalue weighted by Crippen LogP contribution is 2.30. The van der Waals surface area contributed by atoms with E-state index in [0.29, 0.717) is 33.9 Å². The minimum Gasteiger partial charge on any atom is -0.481 e. The van der Waals surface area contributed by atoms with Crippen LogP contribution in [0.5, 0.6) is 5.88 Å². The topological polar surface area (TPSA) is 90.3 Å². The highest BCUT2D eigenvalue weighted by atomic mass is 35.5. The number of nitrogens with zero attached hydrogens (tertiary/aromatic N) is 4. The van der Waals surface area contributed by atoms with Gasteiger partial charge in [0.25, 0.3) is 0 Å². The van der Waals surface area contributed by atoms with Gasteiger partial charge in [-0.15, -0.1) is 0 Å². The van der Waals surface area contributed by atoms with Crippen molar-refractivity contribution < 1.29 is 14.6 Å². The van der Waals surface area contributed by atoms with Gasteiger partial charge in [0.1, 0.15) is 11.6 Å². The Morgan fingerprint density at radius 3 is 2.58 bits per heavy atom. The summed E-state index contributed by atoms with van der Waals surface area (Å²) in [4.78, 5) is 24.7. The Balaban J connectivity index is 1.55. The van der Waals surface area contributed by atoms with E-state index in [4.69, 9.17) is 38.0 Å². The van der Waals surface area contributed by atoms with Gasteiger partial charge in [-0.05, 0) is 100 Å². The minimum atomic E-state index is -0.725. The van der Waals surface area contributed by atoms with Crippen LogP contribution in [-0.4, -0.2) is 71.8 Å². The molecule has 2 N–H and O–H groups in total. The molecular formula is C30H37Cl2N5O3. The quantitative estimate of drug-likeness (QED) is 0.205. The summed E-state index contributed by atoms with van der Waals surface area (Å²) in [7, 11) is 0. The van der Waals surface area contributed by atoms with Crippen LogP contribution in [0.25, 0.3) is 11.3 Å². The Bertz CT molecular complexity index is 1230. The molecule has 10 heteroatoms. The van der Waals surface area contributed by atoms with Gasteiger partial charge in [-0.25, -0.2) is 9.98 Å². The number of rotatable bonds is 10. The third-order valence-corrected chi connectivity index (χ3v) is 7.59. The molecule has 2 aromatic rings. The lowest BCUT2D eigenvalue weighted by Gasteiger charge is -2.31. The first-order valence-corrected chi connectivity index (χ1v) is 14.4. The van der Waals surface area contributed by atoms with Crippen molar-refractivity contribution in [1.82, 2.24) is 20.1 Å². The van der Waals surface area contributed by atoms with Gasteiger partial charge in [-0.3, -0.25) is 9.69 Å². The average molecular weight is 587 g/mol. The molecule has 4 rings (SSSR count). The van der Waals surface area contributed by atoms with E-state index in [-0.39, 0.29) is 12.3 Å². The molecule has 0 atom stereocenters. The molecule has 2 fully saturated rings. The largest absolute Gasteiger partial charge is 0.481 e. The third kappa shape index (κ3) is 9.06. The summed E-state index contributed by atoms with van der Waals surface area (Å²) in [6.07, 6.45) is 6.85. The van der Waals surface area contributed by atoms with Crippen LogP contribution < -0.4 is 10.1 Å². The van der Waals surface area contributed by atoms with Gasteiger partial charge in [-0.1, -0.05) is 23.2 Å². The van der Waals surface area contributed by atoms with Gasteiger partial charge in [0.05, 0.1) is 5.69 Å². The molecule has 0 aliphatic carbocycles. The molecule has 2 aliphatic rings. The number of piperidine rings is 1. The number of nitrogens with one attached hydrogen (secondary N) is 1. The fourth-order valence-electron chi connectivity index (χ4n) is 5.13. The van der Waals surface area contributed by atoms with Gasteiger partial charge in [0.15, 0.2) is 0 Å². The van der Waals surface area contributed by atoms with E-state index in [9.17, 15) is 4.79 Å². The Morgan fingerprint density at radius 2 is 1.88 bits per heavy atom. The van der Waals surface area contributed by atoms with Gasteiger partial charge >= 0.3 is 5.97 Å². The second-order valence-corrected chi connectivity index (χ2v) is 11.2. The van der Waals surface area contributed by atoms with Crippen molar-refractivity contribution in [2.24, 2.45) is 10.9 Å². The van der Waals surface area contributed by atoms with E-state index in [1.165, 1.54) is 0 Å². The molecule has 2 saturated heterocycles. The Kier molecular flexibility index (Phi) is 11.0. The molecule has 0 unspecified atom stereocenters. The predicted molar refractivity (Wildman–Crippen MR) is 161 cm³/mol. The monoisotopic (exact) mass is 585 g/mol. The number of pyridine rings is 1. The Labute approximate surface area is 246 Å². The Hall–Kier alpha value is -2.91. The number of carbonyl (C=O) groups is 1. The van der Waals surface area contributed by atoms with Crippen LogP contribution in [0.4, 0.5) is 0 Å². The summed E-state index contributed by atoms with van der Waals surface area (Å²) in [5.41, 5.74) is 2.56. The lowest BCUT2D eigenvalue weighted by molar-refractivity contribution is -0.138. The Morgan fingerprint density at radius 1 is 1.12 bits per heavy atom. The number of benzene rings is 1. The van der Waals surface area contributed by atoms with E-state index in [1.807, 2.05) is 43.3 Å². The van der Waals surface area contributed by atoms with E-state index >= 15 is 0 Å². The first-order chi connectivity index (χ1) is 19.3. The lowest BCUT2D eigenvalue weighted by atomic mass is 9.93. The van der Waals surface area contributed by atoms with E-state index in [0.717, 1.165) is 75.5 Å². The maximum absolute atomic E-state index is 11.1. The molecule has 0 saturated carbocycles. The van der Waals surface area contributed by atoms with Crippen LogP contribution in [0.2, 0.25) is 10.0 Å². The maximum Gasteiger partial charge on any atom is 0.303 e. The van der Waals surface area contributed by atoms with E-state index < -0.39 is 5.97 Å². The van der Waals surface area contributed by atoms with Crippen LogP contribution >= 0.6 is 23.2 Å². The van der Waals surface area contributed by atoms with Crippen LogP contribution in [0.1, 0.15) is 38.2 Å². The number of carboxylic acid groups (broad SMARTS) is 1. The fraction of sp³-hybridized carbons (Fsp3) is 0.433. The zero-order valence-electron chi connectivity index (χ0n) is 22.9. The highest BCUT2D eigenvalue weighted by Gasteiger charge is 2.22. The smallest absolute Gasteiger partial charge is 0.303 e. The maximum atomic E-state index is 11.1. The molecule has 0 spiro atoms. The van der Waals surface area contributed by atoms with Gasteiger partial charge < -0.3 is 20.1 Å². The van der Waals surface area contributed by atoms with Gasteiger partial charge in [0, 0.05) is 54.3 Å². The number of hydrogen-bond acceptors (Lipinski definition) is 7. The number of aromatic nitrogens is 1. The average Bonchev–Trinajstić information content (AvgIpc) is 3.19. The number of allylic oxidation sites excluding steroid dienone is 3. The summed E-state index contributed by atoms with van der Waals surface area (Å²) in [5.74, 6) is 1.46. The van der Waals surface area contributed by atoms with Crippen LogP contribution in [0.15, 0.2) is 59.1 Å². The first kappa shape index (κ1) is 30.1. The summed E-state index contributed by atoms with van der Waals surface area (Å²) >= 11 is 12.6. The molecular weight excluding hydrogens is 549 g/mol.